The predicted octanol–water partition coefficient (Wildman–Crippen LogP) is 1.52. The molecule has 1 N–H and O–H groups in total. The highest BCUT2D eigenvalue weighted by Crippen LogP contribution is 2.05. The average Bonchev–Trinajstić information content (AvgIpc) is 1.88. The minimum atomic E-state index is 0.266. The lowest BCUT2D eigenvalue weighted by atomic mass is 10.3. The summed E-state index contributed by atoms with van der Waals surface area (Å²) in [6.45, 7) is 0.266. The van der Waals surface area contributed by atoms with Crippen LogP contribution < -0.4 is 5.73 Å². The first-order valence-electron chi connectivity index (χ1n) is 2.58. The summed E-state index contributed by atoms with van der Waals surface area (Å²) >= 11 is 5.53. The first-order valence-corrected chi connectivity index (χ1v) is 2.96. The number of nitrogens with one attached hydrogen (secondary N) is 1. The molecule has 2 nitrogen and oxygen atoms in total. The predicted molar refractivity (Wildman–Crippen MR) is 36.0 cm³/mol. The summed E-state index contributed by atoms with van der Waals surface area (Å²) in [5.41, 5.74) is 7.85. The lowest BCUT2D eigenvalue weighted by Crippen LogP contribution is -1.84. The minimum absolute atomic E-state index is 0.266. The molecule has 47 valence electrons. The molecule has 0 fully saturated rings. The second kappa shape index (κ2) is 2.80. The van der Waals surface area contributed by atoms with E-state index in [0.717, 1.165) is 5.56 Å². The number of rotatable bonds is 1. The fourth-order valence-corrected chi connectivity index (χ4v) is 0.749. The highest BCUT2D eigenvalue weighted by molar-refractivity contribution is 6.29. The van der Waals surface area contributed by atoms with E-state index in [1.54, 1.807) is 18.3 Å². The van der Waals surface area contributed by atoms with E-state index in [0.29, 0.717) is 5.15 Å². The molecule has 1 aromatic heterocycles. The van der Waals surface area contributed by atoms with Gasteiger partial charge in [0.25, 0.3) is 0 Å². The SMILES string of the molecule is [NH]Cc1ccnc(Cl)c1. The Morgan fingerprint density at radius 2 is 2.44 bits per heavy atom. The smallest absolute Gasteiger partial charge is 0.129 e. The first-order chi connectivity index (χ1) is 4.33. The lowest BCUT2D eigenvalue weighted by Gasteiger charge is -1.92. The van der Waals surface area contributed by atoms with E-state index in [2.05, 4.69) is 4.98 Å². The molecule has 9 heavy (non-hydrogen) atoms. The van der Waals surface area contributed by atoms with Gasteiger partial charge in [0.1, 0.15) is 5.15 Å². The zero-order valence-corrected chi connectivity index (χ0v) is 5.52. The summed E-state index contributed by atoms with van der Waals surface area (Å²) in [4.78, 5) is 3.77. The van der Waals surface area contributed by atoms with Crippen molar-refractivity contribution in [1.82, 2.24) is 10.7 Å². The zero-order valence-electron chi connectivity index (χ0n) is 4.76. The second-order valence-corrected chi connectivity index (χ2v) is 2.05. The molecule has 0 atom stereocenters. The standard InChI is InChI=1S/C6H6ClN2/c7-6-3-5(4-8)1-2-9-6/h1-3,8H,4H2. The lowest BCUT2D eigenvalue weighted by molar-refractivity contribution is 1.02. The van der Waals surface area contributed by atoms with Crippen molar-refractivity contribution in [1.29, 1.82) is 0 Å². The molecule has 0 bridgehead atoms. The summed E-state index contributed by atoms with van der Waals surface area (Å²) in [5, 5.41) is 0.458. The van der Waals surface area contributed by atoms with Crippen LogP contribution in [0.1, 0.15) is 5.56 Å². The van der Waals surface area contributed by atoms with E-state index in [1.807, 2.05) is 0 Å². The maximum atomic E-state index is 6.95. The first kappa shape index (κ1) is 6.52. The van der Waals surface area contributed by atoms with Crippen molar-refractivity contribution in [2.45, 2.75) is 6.54 Å². The second-order valence-electron chi connectivity index (χ2n) is 1.66. The van der Waals surface area contributed by atoms with Gasteiger partial charge in [-0.25, -0.2) is 4.98 Å². The largest absolute Gasteiger partial charge is 0.253 e. The van der Waals surface area contributed by atoms with Gasteiger partial charge in [0.2, 0.25) is 0 Å². The number of halogens is 1. The molecule has 0 aliphatic carbocycles. The fraction of sp³-hybridized carbons (Fsp3) is 0.167. The van der Waals surface area contributed by atoms with Crippen LogP contribution in [0.3, 0.4) is 0 Å². The molecule has 0 amide bonds. The third kappa shape index (κ3) is 1.66. The van der Waals surface area contributed by atoms with Crippen LogP contribution in [-0.4, -0.2) is 4.98 Å². The van der Waals surface area contributed by atoms with Gasteiger partial charge in [-0.2, -0.15) is 0 Å². The molecule has 1 radical (unpaired) electrons. The Hall–Kier alpha value is -0.600. The van der Waals surface area contributed by atoms with Crippen molar-refractivity contribution in [2.75, 3.05) is 0 Å². The normalized spacial score (nSPS) is 9.56. The van der Waals surface area contributed by atoms with E-state index in [1.165, 1.54) is 0 Å². The Labute approximate surface area is 58.7 Å². The summed E-state index contributed by atoms with van der Waals surface area (Å²) < 4.78 is 0. The van der Waals surface area contributed by atoms with Crippen molar-refractivity contribution < 1.29 is 0 Å². The monoisotopic (exact) mass is 141 g/mol. The van der Waals surface area contributed by atoms with Crippen LogP contribution in [0.4, 0.5) is 0 Å². The Balaban J connectivity index is 2.94. The topological polar surface area (TPSA) is 36.7 Å². The summed E-state index contributed by atoms with van der Waals surface area (Å²) in [6.07, 6.45) is 1.60. The van der Waals surface area contributed by atoms with Gasteiger partial charge in [-0.1, -0.05) is 11.6 Å². The molecule has 0 unspecified atom stereocenters. The minimum Gasteiger partial charge on any atom is -0.253 e. The molecule has 1 aromatic rings. The zero-order chi connectivity index (χ0) is 6.69. The van der Waals surface area contributed by atoms with Crippen LogP contribution >= 0.6 is 11.6 Å². The average molecular weight is 142 g/mol. The molecule has 1 rings (SSSR count). The van der Waals surface area contributed by atoms with E-state index in [4.69, 9.17) is 17.3 Å². The molecule has 0 aliphatic heterocycles. The maximum absolute atomic E-state index is 6.95. The van der Waals surface area contributed by atoms with Gasteiger partial charge in [-0.3, -0.25) is 5.73 Å². The van der Waals surface area contributed by atoms with Crippen LogP contribution in [0.5, 0.6) is 0 Å². The Morgan fingerprint density at radius 3 is 2.89 bits per heavy atom. The molecule has 0 aliphatic rings. The van der Waals surface area contributed by atoms with Crippen LogP contribution in [0.2, 0.25) is 5.15 Å². The van der Waals surface area contributed by atoms with Crippen LogP contribution in [0.25, 0.3) is 0 Å². The van der Waals surface area contributed by atoms with Crippen LogP contribution in [0.15, 0.2) is 18.3 Å². The van der Waals surface area contributed by atoms with Gasteiger partial charge in [0, 0.05) is 12.7 Å². The summed E-state index contributed by atoms with van der Waals surface area (Å²) in [7, 11) is 0. The number of pyridine rings is 1. The van der Waals surface area contributed by atoms with Crippen LogP contribution in [-0.2, 0) is 6.54 Å². The van der Waals surface area contributed by atoms with Gasteiger partial charge in [-0.05, 0) is 17.7 Å². The fourth-order valence-electron chi connectivity index (χ4n) is 0.553. The summed E-state index contributed by atoms with van der Waals surface area (Å²) in [6, 6.07) is 3.47. The quantitative estimate of drug-likeness (QED) is 0.547. The number of hydrogen-bond acceptors (Lipinski definition) is 1. The van der Waals surface area contributed by atoms with Crippen molar-refractivity contribution >= 4 is 11.6 Å². The van der Waals surface area contributed by atoms with Crippen LogP contribution in [0, 0.1) is 0 Å². The number of hydrogen-bond donors (Lipinski definition) is 0. The van der Waals surface area contributed by atoms with Gasteiger partial charge in [0.05, 0.1) is 0 Å². The van der Waals surface area contributed by atoms with E-state index >= 15 is 0 Å². The molecule has 1 heterocycles. The number of nitrogens with zero attached hydrogens (tertiary/aromatic N) is 1. The van der Waals surface area contributed by atoms with Gasteiger partial charge >= 0.3 is 0 Å². The third-order valence-corrected chi connectivity index (χ3v) is 1.20. The van der Waals surface area contributed by atoms with Crippen molar-refractivity contribution in [3.05, 3.63) is 29.0 Å². The van der Waals surface area contributed by atoms with E-state index in [9.17, 15) is 0 Å². The molecule has 0 saturated heterocycles. The highest BCUT2D eigenvalue weighted by atomic mass is 35.5. The molecule has 0 aromatic carbocycles. The Kier molecular flexibility index (Phi) is 2.03. The molecular formula is C6H6ClN2. The third-order valence-electron chi connectivity index (χ3n) is 0.995. The van der Waals surface area contributed by atoms with Gasteiger partial charge in [0.15, 0.2) is 0 Å². The highest BCUT2D eigenvalue weighted by Gasteiger charge is 1.89. The van der Waals surface area contributed by atoms with Crippen molar-refractivity contribution in [3.8, 4) is 0 Å². The molecule has 3 heteroatoms. The van der Waals surface area contributed by atoms with E-state index < -0.39 is 0 Å². The maximum Gasteiger partial charge on any atom is 0.129 e. The Bertz CT molecular complexity index is 200. The molecule has 0 spiro atoms. The van der Waals surface area contributed by atoms with E-state index in [-0.39, 0.29) is 6.54 Å². The number of aromatic nitrogens is 1. The van der Waals surface area contributed by atoms with Gasteiger partial charge < -0.3 is 0 Å². The molecule has 0 saturated carbocycles. The van der Waals surface area contributed by atoms with Crippen molar-refractivity contribution in [2.24, 2.45) is 0 Å². The van der Waals surface area contributed by atoms with Crippen molar-refractivity contribution in [3.63, 3.8) is 0 Å². The Morgan fingerprint density at radius 1 is 1.67 bits per heavy atom. The summed E-state index contributed by atoms with van der Waals surface area (Å²) in [5.74, 6) is 0. The van der Waals surface area contributed by atoms with Gasteiger partial charge in [-0.15, -0.1) is 0 Å². The molecular weight excluding hydrogens is 136 g/mol.